The van der Waals surface area contributed by atoms with Crippen molar-refractivity contribution in [2.75, 3.05) is 7.05 Å². The van der Waals surface area contributed by atoms with Crippen LogP contribution in [0.15, 0.2) is 54.6 Å². The number of amides is 1. The maximum atomic E-state index is 12.2. The average Bonchev–Trinajstić information content (AvgIpc) is 2.48. The highest BCUT2D eigenvalue weighted by atomic mass is 16.6. The molecule has 0 bridgehead atoms. The van der Waals surface area contributed by atoms with Gasteiger partial charge in [0.05, 0.1) is 10.8 Å². The van der Waals surface area contributed by atoms with Gasteiger partial charge >= 0.3 is 0 Å². The SMILES string of the molecule is CNC(=O)C(c1ccccc1)c1ccccc1[N+](=O)[O-]. The Balaban J connectivity index is 2.59. The number of carbonyl (C=O) groups excluding carboxylic acids is 1. The predicted octanol–water partition coefficient (Wildman–Crippen LogP) is 2.47. The van der Waals surface area contributed by atoms with E-state index in [-0.39, 0.29) is 11.6 Å². The van der Waals surface area contributed by atoms with E-state index in [1.54, 1.807) is 42.5 Å². The Hall–Kier alpha value is -2.69. The molecule has 0 saturated heterocycles. The van der Waals surface area contributed by atoms with Gasteiger partial charge in [-0.15, -0.1) is 0 Å². The van der Waals surface area contributed by atoms with Crippen molar-refractivity contribution in [3.63, 3.8) is 0 Å². The van der Waals surface area contributed by atoms with E-state index in [1.807, 2.05) is 6.07 Å². The third-order valence-electron chi connectivity index (χ3n) is 3.09. The molecular weight excluding hydrogens is 256 g/mol. The zero-order valence-corrected chi connectivity index (χ0v) is 10.9. The van der Waals surface area contributed by atoms with Gasteiger partial charge in [0.15, 0.2) is 0 Å². The highest BCUT2D eigenvalue weighted by Gasteiger charge is 2.28. The van der Waals surface area contributed by atoms with Gasteiger partial charge < -0.3 is 5.32 Å². The molecule has 0 radical (unpaired) electrons. The van der Waals surface area contributed by atoms with Crippen LogP contribution in [0, 0.1) is 10.1 Å². The second-order valence-electron chi connectivity index (χ2n) is 4.27. The molecule has 5 nitrogen and oxygen atoms in total. The molecule has 5 heteroatoms. The second kappa shape index (κ2) is 5.97. The third-order valence-corrected chi connectivity index (χ3v) is 3.09. The zero-order chi connectivity index (χ0) is 14.5. The molecular formula is C15H14N2O3. The Bertz CT molecular complexity index is 626. The van der Waals surface area contributed by atoms with E-state index in [4.69, 9.17) is 0 Å². The summed E-state index contributed by atoms with van der Waals surface area (Å²) < 4.78 is 0. The van der Waals surface area contributed by atoms with Crippen molar-refractivity contribution < 1.29 is 9.72 Å². The first kappa shape index (κ1) is 13.7. The number of hydrogen-bond acceptors (Lipinski definition) is 3. The van der Waals surface area contributed by atoms with Gasteiger partial charge in [-0.05, 0) is 5.56 Å². The van der Waals surface area contributed by atoms with Crippen molar-refractivity contribution in [1.29, 1.82) is 0 Å². The summed E-state index contributed by atoms with van der Waals surface area (Å²) in [5.41, 5.74) is 1.06. The molecule has 0 fully saturated rings. The van der Waals surface area contributed by atoms with Crippen LogP contribution in [0.5, 0.6) is 0 Å². The quantitative estimate of drug-likeness (QED) is 0.685. The van der Waals surface area contributed by atoms with Gasteiger partial charge in [-0.1, -0.05) is 48.5 Å². The lowest BCUT2D eigenvalue weighted by molar-refractivity contribution is -0.385. The van der Waals surface area contributed by atoms with Crippen LogP contribution >= 0.6 is 0 Å². The van der Waals surface area contributed by atoms with Gasteiger partial charge in [0.1, 0.15) is 0 Å². The summed E-state index contributed by atoms with van der Waals surface area (Å²) in [4.78, 5) is 22.8. The van der Waals surface area contributed by atoms with Crippen LogP contribution in [0.3, 0.4) is 0 Å². The molecule has 0 aliphatic heterocycles. The van der Waals surface area contributed by atoms with Crippen molar-refractivity contribution in [2.45, 2.75) is 5.92 Å². The second-order valence-corrected chi connectivity index (χ2v) is 4.27. The number of para-hydroxylation sites is 1. The van der Waals surface area contributed by atoms with E-state index < -0.39 is 10.8 Å². The molecule has 20 heavy (non-hydrogen) atoms. The number of hydrogen-bond donors (Lipinski definition) is 1. The minimum absolute atomic E-state index is 0.0510. The lowest BCUT2D eigenvalue weighted by Gasteiger charge is -2.16. The first-order valence-corrected chi connectivity index (χ1v) is 6.15. The number of nitrogens with one attached hydrogen (secondary N) is 1. The molecule has 1 amide bonds. The highest BCUT2D eigenvalue weighted by Crippen LogP contribution is 2.31. The van der Waals surface area contributed by atoms with Gasteiger partial charge in [0.2, 0.25) is 5.91 Å². The van der Waals surface area contributed by atoms with Gasteiger partial charge in [0, 0.05) is 18.7 Å². The summed E-state index contributed by atoms with van der Waals surface area (Å²) in [6.07, 6.45) is 0. The maximum absolute atomic E-state index is 12.2. The van der Waals surface area contributed by atoms with Crippen molar-refractivity contribution in [1.82, 2.24) is 5.32 Å². The van der Waals surface area contributed by atoms with E-state index in [9.17, 15) is 14.9 Å². The fraction of sp³-hybridized carbons (Fsp3) is 0.133. The molecule has 1 atom stereocenters. The molecule has 2 aromatic rings. The van der Waals surface area contributed by atoms with E-state index in [1.165, 1.54) is 13.1 Å². The van der Waals surface area contributed by atoms with Crippen LogP contribution in [-0.4, -0.2) is 17.9 Å². The van der Waals surface area contributed by atoms with Crippen LogP contribution in [0.1, 0.15) is 17.0 Å². The molecule has 0 spiro atoms. The first-order chi connectivity index (χ1) is 9.65. The van der Waals surface area contributed by atoms with E-state index >= 15 is 0 Å². The van der Waals surface area contributed by atoms with Crippen molar-refractivity contribution in [3.05, 3.63) is 75.8 Å². The van der Waals surface area contributed by atoms with Crippen LogP contribution < -0.4 is 5.32 Å². The summed E-state index contributed by atoms with van der Waals surface area (Å²) in [6.45, 7) is 0. The minimum Gasteiger partial charge on any atom is -0.358 e. The molecule has 0 aliphatic rings. The molecule has 1 N–H and O–H groups in total. The fourth-order valence-electron chi connectivity index (χ4n) is 2.16. The number of nitro benzene ring substituents is 1. The lowest BCUT2D eigenvalue weighted by atomic mass is 9.89. The predicted molar refractivity (Wildman–Crippen MR) is 75.4 cm³/mol. The van der Waals surface area contributed by atoms with Crippen LogP contribution in [0.4, 0.5) is 5.69 Å². The molecule has 0 aliphatic carbocycles. The van der Waals surface area contributed by atoms with Crippen molar-refractivity contribution >= 4 is 11.6 Å². The summed E-state index contributed by atoms with van der Waals surface area (Å²) in [5, 5.41) is 13.7. The fourth-order valence-corrected chi connectivity index (χ4v) is 2.16. The summed E-state index contributed by atoms with van der Waals surface area (Å²) in [6, 6.07) is 15.3. The largest absolute Gasteiger partial charge is 0.358 e. The molecule has 102 valence electrons. The lowest BCUT2D eigenvalue weighted by Crippen LogP contribution is -2.27. The van der Waals surface area contributed by atoms with Crippen molar-refractivity contribution in [3.8, 4) is 0 Å². The number of rotatable bonds is 4. The topological polar surface area (TPSA) is 72.2 Å². The van der Waals surface area contributed by atoms with Crippen molar-refractivity contribution in [2.24, 2.45) is 0 Å². The Labute approximate surface area is 116 Å². The van der Waals surface area contributed by atoms with Crippen LogP contribution in [-0.2, 0) is 4.79 Å². The number of benzene rings is 2. The molecule has 0 aromatic heterocycles. The normalized spacial score (nSPS) is 11.7. The maximum Gasteiger partial charge on any atom is 0.273 e. The Morgan fingerprint density at radius 1 is 1.10 bits per heavy atom. The monoisotopic (exact) mass is 270 g/mol. The average molecular weight is 270 g/mol. The minimum atomic E-state index is -0.692. The third kappa shape index (κ3) is 2.66. The van der Waals surface area contributed by atoms with Gasteiger partial charge in [-0.2, -0.15) is 0 Å². The Morgan fingerprint density at radius 3 is 2.30 bits per heavy atom. The highest BCUT2D eigenvalue weighted by molar-refractivity contribution is 5.88. The summed E-state index contributed by atoms with van der Waals surface area (Å²) in [5.74, 6) is -0.965. The number of nitro groups is 1. The van der Waals surface area contributed by atoms with E-state index in [0.29, 0.717) is 5.56 Å². The molecule has 1 unspecified atom stereocenters. The van der Waals surface area contributed by atoms with Crippen LogP contribution in [0.2, 0.25) is 0 Å². The summed E-state index contributed by atoms with van der Waals surface area (Å²) in [7, 11) is 1.52. The Kier molecular flexibility index (Phi) is 4.10. The standard InChI is InChI=1S/C15H14N2O3/c1-16-15(18)14(11-7-3-2-4-8-11)12-9-5-6-10-13(12)17(19)20/h2-10,14H,1H3,(H,16,18). The molecule has 2 rings (SSSR count). The van der Waals surface area contributed by atoms with E-state index in [0.717, 1.165) is 5.56 Å². The molecule has 0 heterocycles. The molecule has 2 aromatic carbocycles. The number of carbonyl (C=O) groups is 1. The smallest absolute Gasteiger partial charge is 0.273 e. The number of nitrogens with zero attached hydrogens (tertiary/aromatic N) is 1. The van der Waals surface area contributed by atoms with Crippen LogP contribution in [0.25, 0.3) is 0 Å². The van der Waals surface area contributed by atoms with Gasteiger partial charge in [-0.3, -0.25) is 14.9 Å². The zero-order valence-electron chi connectivity index (χ0n) is 10.9. The Morgan fingerprint density at radius 2 is 1.70 bits per heavy atom. The first-order valence-electron chi connectivity index (χ1n) is 6.15. The summed E-state index contributed by atoms with van der Waals surface area (Å²) >= 11 is 0. The number of likely N-dealkylation sites (N-methyl/N-ethyl adjacent to an activating group) is 1. The van der Waals surface area contributed by atoms with Gasteiger partial charge in [-0.25, -0.2) is 0 Å². The van der Waals surface area contributed by atoms with Gasteiger partial charge in [0.25, 0.3) is 5.69 Å². The van der Waals surface area contributed by atoms with E-state index in [2.05, 4.69) is 5.32 Å². The molecule has 0 saturated carbocycles.